The molecule has 2 aromatic heterocycles. The van der Waals surface area contributed by atoms with Crippen LogP contribution in [-0.2, 0) is 0 Å². The highest BCUT2D eigenvalue weighted by atomic mass is 16.3. The standard InChI is InChI=1S/C14H16N4O2/c19-12-1-3-18(4-2-12)14-16-7-11(8-17-14)10-5-13(20)9-15-6-10/h5-9,12,19-20H,1-4H2. The number of hydrogen-bond donors (Lipinski definition) is 2. The van der Waals surface area contributed by atoms with Gasteiger partial charge >= 0.3 is 0 Å². The first-order valence-corrected chi connectivity index (χ1v) is 6.62. The summed E-state index contributed by atoms with van der Waals surface area (Å²) in [4.78, 5) is 14.7. The van der Waals surface area contributed by atoms with Crippen LogP contribution in [0, 0.1) is 0 Å². The predicted octanol–water partition coefficient (Wildman–Crippen LogP) is 1.21. The molecule has 1 fully saturated rings. The van der Waals surface area contributed by atoms with Crippen LogP contribution in [0.15, 0.2) is 30.9 Å². The third kappa shape index (κ3) is 2.70. The average Bonchev–Trinajstić information content (AvgIpc) is 2.48. The molecule has 1 aliphatic rings. The molecular weight excluding hydrogens is 256 g/mol. The normalized spacial score (nSPS) is 16.4. The van der Waals surface area contributed by atoms with Gasteiger partial charge in [0.1, 0.15) is 5.75 Å². The van der Waals surface area contributed by atoms with Crippen LogP contribution in [0.4, 0.5) is 5.95 Å². The first-order valence-electron chi connectivity index (χ1n) is 6.62. The monoisotopic (exact) mass is 272 g/mol. The lowest BCUT2D eigenvalue weighted by Crippen LogP contribution is -2.36. The number of pyridine rings is 1. The summed E-state index contributed by atoms with van der Waals surface area (Å²) in [5.41, 5.74) is 1.60. The predicted molar refractivity (Wildman–Crippen MR) is 74.4 cm³/mol. The molecule has 0 spiro atoms. The molecule has 1 saturated heterocycles. The van der Waals surface area contributed by atoms with Gasteiger partial charge in [-0.3, -0.25) is 4.98 Å². The van der Waals surface area contributed by atoms with Gasteiger partial charge < -0.3 is 15.1 Å². The average molecular weight is 272 g/mol. The second kappa shape index (κ2) is 5.42. The minimum atomic E-state index is -0.205. The fourth-order valence-corrected chi connectivity index (χ4v) is 2.29. The van der Waals surface area contributed by atoms with E-state index in [-0.39, 0.29) is 11.9 Å². The number of aliphatic hydroxyl groups is 1. The summed E-state index contributed by atoms with van der Waals surface area (Å²) in [5, 5.41) is 18.9. The van der Waals surface area contributed by atoms with E-state index < -0.39 is 0 Å². The van der Waals surface area contributed by atoms with E-state index in [4.69, 9.17) is 0 Å². The maximum atomic E-state index is 9.49. The number of hydrogen-bond acceptors (Lipinski definition) is 6. The van der Waals surface area contributed by atoms with Gasteiger partial charge in [-0.1, -0.05) is 0 Å². The molecule has 104 valence electrons. The van der Waals surface area contributed by atoms with Crippen molar-refractivity contribution < 1.29 is 10.2 Å². The first-order chi connectivity index (χ1) is 9.72. The number of aromatic hydroxyl groups is 1. The molecule has 6 heteroatoms. The summed E-state index contributed by atoms with van der Waals surface area (Å²) in [6.45, 7) is 1.54. The van der Waals surface area contributed by atoms with Gasteiger partial charge in [-0.2, -0.15) is 0 Å². The van der Waals surface area contributed by atoms with Crippen LogP contribution in [-0.4, -0.2) is 44.4 Å². The summed E-state index contributed by atoms with van der Waals surface area (Å²) in [5.74, 6) is 0.797. The number of piperidine rings is 1. The van der Waals surface area contributed by atoms with Crippen molar-refractivity contribution in [3.63, 3.8) is 0 Å². The molecule has 0 bridgehead atoms. The zero-order valence-corrected chi connectivity index (χ0v) is 11.0. The van der Waals surface area contributed by atoms with Gasteiger partial charge in [0.2, 0.25) is 5.95 Å². The largest absolute Gasteiger partial charge is 0.506 e. The molecule has 0 saturated carbocycles. The summed E-state index contributed by atoms with van der Waals surface area (Å²) in [6.07, 6.45) is 7.80. The molecule has 0 amide bonds. The molecule has 0 aliphatic carbocycles. The van der Waals surface area contributed by atoms with E-state index in [1.165, 1.54) is 6.20 Å². The van der Waals surface area contributed by atoms with E-state index in [1.54, 1.807) is 24.7 Å². The van der Waals surface area contributed by atoms with Crippen molar-refractivity contribution in [2.75, 3.05) is 18.0 Å². The minimum absolute atomic E-state index is 0.122. The first kappa shape index (κ1) is 12.8. The van der Waals surface area contributed by atoms with Gasteiger partial charge in [0.15, 0.2) is 0 Å². The van der Waals surface area contributed by atoms with E-state index in [1.807, 2.05) is 0 Å². The van der Waals surface area contributed by atoms with Gasteiger partial charge in [0.05, 0.1) is 12.3 Å². The van der Waals surface area contributed by atoms with Crippen LogP contribution in [0.2, 0.25) is 0 Å². The van der Waals surface area contributed by atoms with E-state index >= 15 is 0 Å². The van der Waals surface area contributed by atoms with Crippen molar-refractivity contribution >= 4 is 5.95 Å². The smallest absolute Gasteiger partial charge is 0.225 e. The van der Waals surface area contributed by atoms with E-state index in [9.17, 15) is 10.2 Å². The highest BCUT2D eigenvalue weighted by Crippen LogP contribution is 2.22. The molecule has 2 N–H and O–H groups in total. The van der Waals surface area contributed by atoms with Crippen LogP contribution < -0.4 is 4.90 Å². The fraction of sp³-hybridized carbons (Fsp3) is 0.357. The van der Waals surface area contributed by atoms with Crippen molar-refractivity contribution in [2.45, 2.75) is 18.9 Å². The summed E-state index contributed by atoms with van der Waals surface area (Å²) in [6, 6.07) is 1.63. The summed E-state index contributed by atoms with van der Waals surface area (Å²) in [7, 11) is 0. The van der Waals surface area contributed by atoms with Crippen molar-refractivity contribution in [3.8, 4) is 16.9 Å². The van der Waals surface area contributed by atoms with Gasteiger partial charge in [-0.05, 0) is 18.9 Å². The number of aromatic nitrogens is 3. The minimum Gasteiger partial charge on any atom is -0.506 e. The lowest BCUT2D eigenvalue weighted by atomic mass is 10.1. The Balaban J connectivity index is 1.78. The summed E-state index contributed by atoms with van der Waals surface area (Å²) >= 11 is 0. The van der Waals surface area contributed by atoms with E-state index in [0.717, 1.165) is 37.1 Å². The highest BCUT2D eigenvalue weighted by Gasteiger charge is 2.18. The van der Waals surface area contributed by atoms with Crippen LogP contribution in [0.1, 0.15) is 12.8 Å². The van der Waals surface area contributed by atoms with Crippen molar-refractivity contribution in [1.29, 1.82) is 0 Å². The molecule has 6 nitrogen and oxygen atoms in total. The maximum Gasteiger partial charge on any atom is 0.225 e. The van der Waals surface area contributed by atoms with Crippen LogP contribution in [0.25, 0.3) is 11.1 Å². The van der Waals surface area contributed by atoms with Crippen LogP contribution in [0.5, 0.6) is 5.75 Å². The Bertz CT molecular complexity index is 580. The number of rotatable bonds is 2. The third-order valence-electron chi connectivity index (χ3n) is 3.44. The number of aliphatic hydroxyl groups excluding tert-OH is 1. The molecule has 1 aliphatic heterocycles. The lowest BCUT2D eigenvalue weighted by Gasteiger charge is -2.29. The Labute approximate surface area is 116 Å². The molecule has 3 heterocycles. The zero-order chi connectivity index (χ0) is 13.9. The molecule has 2 aromatic rings. The topological polar surface area (TPSA) is 82.4 Å². The quantitative estimate of drug-likeness (QED) is 0.855. The van der Waals surface area contributed by atoms with Gasteiger partial charge in [0, 0.05) is 42.8 Å². The van der Waals surface area contributed by atoms with Gasteiger partial charge in [-0.15, -0.1) is 0 Å². The van der Waals surface area contributed by atoms with Gasteiger partial charge in [-0.25, -0.2) is 9.97 Å². The molecule has 0 radical (unpaired) electrons. The highest BCUT2D eigenvalue weighted by molar-refractivity contribution is 5.62. The Morgan fingerprint density at radius 2 is 1.70 bits per heavy atom. The molecule has 3 rings (SSSR count). The number of nitrogens with zero attached hydrogens (tertiary/aromatic N) is 4. The second-order valence-corrected chi connectivity index (χ2v) is 4.92. The molecule has 20 heavy (non-hydrogen) atoms. The maximum absolute atomic E-state index is 9.49. The van der Waals surface area contributed by atoms with Crippen molar-refractivity contribution in [2.24, 2.45) is 0 Å². The Morgan fingerprint density at radius 3 is 2.35 bits per heavy atom. The van der Waals surface area contributed by atoms with Gasteiger partial charge in [0.25, 0.3) is 0 Å². The molecule has 0 atom stereocenters. The zero-order valence-electron chi connectivity index (χ0n) is 11.0. The summed E-state index contributed by atoms with van der Waals surface area (Å²) < 4.78 is 0. The second-order valence-electron chi connectivity index (χ2n) is 4.92. The van der Waals surface area contributed by atoms with E-state index in [0.29, 0.717) is 5.95 Å². The molecule has 0 aromatic carbocycles. The Kier molecular flexibility index (Phi) is 3.47. The van der Waals surface area contributed by atoms with Crippen LogP contribution >= 0.6 is 0 Å². The van der Waals surface area contributed by atoms with E-state index in [2.05, 4.69) is 19.9 Å². The Morgan fingerprint density at radius 1 is 1.00 bits per heavy atom. The lowest BCUT2D eigenvalue weighted by molar-refractivity contribution is 0.145. The van der Waals surface area contributed by atoms with Crippen molar-refractivity contribution in [3.05, 3.63) is 30.9 Å². The fourth-order valence-electron chi connectivity index (χ4n) is 2.29. The molecular formula is C14H16N4O2. The SMILES string of the molecule is Oc1cncc(-c2cnc(N3CCC(O)CC3)nc2)c1. The molecule has 0 unspecified atom stereocenters. The van der Waals surface area contributed by atoms with Crippen molar-refractivity contribution in [1.82, 2.24) is 15.0 Å². The third-order valence-corrected chi connectivity index (χ3v) is 3.44. The van der Waals surface area contributed by atoms with Crippen LogP contribution in [0.3, 0.4) is 0 Å². The Hall–Kier alpha value is -2.21. The number of anilines is 1.